The van der Waals surface area contributed by atoms with E-state index in [1.54, 1.807) is 0 Å². The fourth-order valence-corrected chi connectivity index (χ4v) is 3.18. The van der Waals surface area contributed by atoms with Crippen molar-refractivity contribution in [3.8, 4) is 0 Å². The average Bonchev–Trinajstić information content (AvgIpc) is 2.46. The highest BCUT2D eigenvalue weighted by atomic mass is 28.1. The molecule has 1 aromatic rings. The van der Waals surface area contributed by atoms with Gasteiger partial charge >= 0.3 is 0 Å². The molecule has 0 aliphatic heterocycles. The normalized spacial score (nSPS) is 11.9. The van der Waals surface area contributed by atoms with Gasteiger partial charge < -0.3 is 9.80 Å². The van der Waals surface area contributed by atoms with Crippen LogP contribution in [0.15, 0.2) is 30.3 Å². The van der Waals surface area contributed by atoms with Crippen LogP contribution in [-0.2, 0) is 6.54 Å². The van der Waals surface area contributed by atoms with E-state index in [-0.39, 0.29) is 0 Å². The molecule has 0 spiro atoms. The molecule has 0 bridgehead atoms. The van der Waals surface area contributed by atoms with Gasteiger partial charge in [0.1, 0.15) is 6.54 Å². The van der Waals surface area contributed by atoms with Crippen molar-refractivity contribution >= 4 is 10.2 Å². The molecule has 0 heterocycles. The molecule has 0 aromatic heterocycles. The van der Waals surface area contributed by atoms with E-state index in [9.17, 15) is 0 Å². The molecule has 1 aromatic carbocycles. The predicted octanol–water partition coefficient (Wildman–Crippen LogP) is 2.52. The van der Waals surface area contributed by atoms with Crippen LogP contribution in [0.2, 0.25) is 0 Å². The molecule has 0 radical (unpaired) electrons. The van der Waals surface area contributed by atoms with Gasteiger partial charge in [0, 0.05) is 15.8 Å². The lowest BCUT2D eigenvalue weighted by Crippen LogP contribution is -2.39. The first-order valence-electron chi connectivity index (χ1n) is 8.71. The van der Waals surface area contributed by atoms with Crippen LogP contribution in [0.25, 0.3) is 0 Å². The third-order valence-corrected chi connectivity index (χ3v) is 4.57. The summed E-state index contributed by atoms with van der Waals surface area (Å²) in [5.41, 5.74) is 1.45. The minimum Gasteiger partial charge on any atom is -0.325 e. The van der Waals surface area contributed by atoms with Gasteiger partial charge in [-0.1, -0.05) is 49.6 Å². The highest BCUT2D eigenvalue weighted by molar-refractivity contribution is 6.08. The molecule has 3 heteroatoms. The number of quaternary nitrogens is 1. The Morgan fingerprint density at radius 1 is 0.905 bits per heavy atom. The molecule has 1 N–H and O–H groups in total. The second kappa shape index (κ2) is 11.0. The summed E-state index contributed by atoms with van der Waals surface area (Å²) in [5, 5.41) is 3.45. The average molecular weight is 308 g/mol. The summed E-state index contributed by atoms with van der Waals surface area (Å²) in [6.45, 7) is 3.66. The Bertz CT molecular complexity index is 351. The molecule has 2 nitrogen and oxygen atoms in total. The van der Waals surface area contributed by atoms with Gasteiger partial charge in [-0.2, -0.15) is 0 Å². The smallest absolute Gasteiger partial charge is 0.104 e. The molecule has 120 valence electrons. The van der Waals surface area contributed by atoms with Gasteiger partial charge in [0.15, 0.2) is 0 Å². The van der Waals surface area contributed by atoms with E-state index in [4.69, 9.17) is 0 Å². The fraction of sp³-hybridized carbons (Fsp3) is 0.667. The van der Waals surface area contributed by atoms with Crippen molar-refractivity contribution in [2.75, 3.05) is 33.4 Å². The largest absolute Gasteiger partial charge is 0.325 e. The van der Waals surface area contributed by atoms with Crippen molar-refractivity contribution in [1.29, 1.82) is 0 Å². The minimum atomic E-state index is 1.11. The number of hydrogen-bond acceptors (Lipinski definition) is 1. The van der Waals surface area contributed by atoms with Crippen LogP contribution >= 0.6 is 0 Å². The Kier molecular flexibility index (Phi) is 9.64. The third kappa shape index (κ3) is 9.83. The monoisotopic (exact) mass is 307 g/mol. The lowest BCUT2D eigenvalue weighted by atomic mass is 10.1. The Balaban J connectivity index is 2.03. The Hall–Kier alpha value is -0.643. The number of nitrogens with one attached hydrogen (secondary N) is 1. The van der Waals surface area contributed by atoms with Crippen molar-refractivity contribution in [2.24, 2.45) is 0 Å². The van der Waals surface area contributed by atoms with Crippen LogP contribution in [0.4, 0.5) is 0 Å². The molecular weight excluding hydrogens is 272 g/mol. The van der Waals surface area contributed by atoms with Crippen LogP contribution in [0.3, 0.4) is 0 Å². The first kappa shape index (κ1) is 18.4. The van der Waals surface area contributed by atoms with E-state index in [0.717, 1.165) is 11.0 Å². The number of nitrogens with zero attached hydrogens (tertiary/aromatic N) is 1. The lowest BCUT2D eigenvalue weighted by molar-refractivity contribution is -0.903. The molecule has 0 aliphatic carbocycles. The zero-order valence-corrected chi connectivity index (χ0v) is 16.4. The van der Waals surface area contributed by atoms with Crippen LogP contribution in [0.1, 0.15) is 44.1 Å². The maximum absolute atomic E-state index is 3.45. The SMILES string of the molecule is C[N+](C)(CCCCCCCCNC[SiH3])Cc1ccccc1. The molecule has 1 rings (SSSR count). The number of hydrogen-bond donors (Lipinski definition) is 1. The summed E-state index contributed by atoms with van der Waals surface area (Å²) in [5.74, 6) is 0. The molecular formula is C18H35N2Si+. The second-order valence-electron chi connectivity index (χ2n) is 6.78. The Labute approximate surface area is 135 Å². The maximum Gasteiger partial charge on any atom is 0.104 e. The summed E-state index contributed by atoms with van der Waals surface area (Å²) in [7, 11) is 5.99. The summed E-state index contributed by atoms with van der Waals surface area (Å²) >= 11 is 0. The van der Waals surface area contributed by atoms with E-state index >= 15 is 0 Å². The van der Waals surface area contributed by atoms with E-state index in [1.807, 2.05) is 0 Å². The summed E-state index contributed by atoms with van der Waals surface area (Å²) in [6.07, 6.45) is 9.58. The fourth-order valence-electron chi connectivity index (χ4n) is 2.83. The summed E-state index contributed by atoms with van der Waals surface area (Å²) < 4.78 is 1.11. The molecule has 0 saturated carbocycles. The van der Waals surface area contributed by atoms with Gasteiger partial charge in [0.05, 0.1) is 20.6 Å². The van der Waals surface area contributed by atoms with E-state index in [2.05, 4.69) is 49.7 Å². The first-order valence-corrected chi connectivity index (χ1v) is 10.1. The van der Waals surface area contributed by atoms with E-state index in [1.165, 1.54) is 73.6 Å². The molecule has 0 aliphatic rings. The quantitative estimate of drug-likeness (QED) is 0.355. The highest BCUT2D eigenvalue weighted by Crippen LogP contribution is 2.12. The number of unbranched alkanes of at least 4 members (excludes halogenated alkanes) is 5. The van der Waals surface area contributed by atoms with Gasteiger partial charge in [0.25, 0.3) is 0 Å². The van der Waals surface area contributed by atoms with Gasteiger partial charge in [-0.25, -0.2) is 0 Å². The Morgan fingerprint density at radius 2 is 1.52 bits per heavy atom. The van der Waals surface area contributed by atoms with Gasteiger partial charge in [-0.05, 0) is 32.0 Å². The Morgan fingerprint density at radius 3 is 2.19 bits per heavy atom. The van der Waals surface area contributed by atoms with Crippen molar-refractivity contribution in [2.45, 2.75) is 45.1 Å². The molecule has 0 saturated heterocycles. The van der Waals surface area contributed by atoms with E-state index < -0.39 is 0 Å². The molecule has 0 fully saturated rings. The van der Waals surface area contributed by atoms with E-state index in [0.29, 0.717) is 0 Å². The minimum absolute atomic E-state index is 1.11. The van der Waals surface area contributed by atoms with Crippen LogP contribution in [0, 0.1) is 0 Å². The lowest BCUT2D eigenvalue weighted by Gasteiger charge is -2.30. The second-order valence-corrected chi connectivity index (χ2v) is 7.49. The maximum atomic E-state index is 3.45. The van der Waals surface area contributed by atoms with Crippen molar-refractivity contribution in [3.63, 3.8) is 0 Å². The molecule has 21 heavy (non-hydrogen) atoms. The van der Waals surface area contributed by atoms with Crippen molar-refractivity contribution in [1.82, 2.24) is 5.32 Å². The van der Waals surface area contributed by atoms with Gasteiger partial charge in [-0.3, -0.25) is 0 Å². The van der Waals surface area contributed by atoms with Crippen LogP contribution < -0.4 is 5.32 Å². The zero-order valence-electron chi connectivity index (χ0n) is 14.4. The highest BCUT2D eigenvalue weighted by Gasteiger charge is 2.14. The number of rotatable bonds is 12. The predicted molar refractivity (Wildman–Crippen MR) is 97.6 cm³/mol. The van der Waals surface area contributed by atoms with Gasteiger partial charge in [0.2, 0.25) is 0 Å². The molecule has 0 atom stereocenters. The third-order valence-electron chi connectivity index (χ3n) is 4.07. The van der Waals surface area contributed by atoms with Crippen LogP contribution in [-0.4, -0.2) is 48.1 Å². The van der Waals surface area contributed by atoms with Gasteiger partial charge in [-0.15, -0.1) is 0 Å². The topological polar surface area (TPSA) is 12.0 Å². The summed E-state index contributed by atoms with van der Waals surface area (Å²) in [6, 6.07) is 10.9. The molecule has 0 unspecified atom stereocenters. The zero-order chi connectivity index (χ0) is 15.4. The van der Waals surface area contributed by atoms with Crippen molar-refractivity contribution < 1.29 is 4.48 Å². The number of benzene rings is 1. The van der Waals surface area contributed by atoms with Crippen molar-refractivity contribution in [3.05, 3.63) is 35.9 Å². The molecule has 0 amide bonds. The van der Waals surface area contributed by atoms with Crippen LogP contribution in [0.5, 0.6) is 0 Å². The standard InChI is InChI=1S/C18H35N2Si/c1-20(2,16-18-12-8-7-9-13-18)15-11-6-4-3-5-10-14-19-17-21/h7-9,12-13,19H,3-6,10-11,14-17H2,1-2,21H3/q+1. The summed E-state index contributed by atoms with van der Waals surface area (Å²) in [4.78, 5) is 0. The first-order chi connectivity index (χ1) is 10.1.